The summed E-state index contributed by atoms with van der Waals surface area (Å²) in [5.74, 6) is -0.138. The molecule has 6 heteroatoms. The maximum Gasteiger partial charge on any atom is 0.239 e. The molecule has 1 aliphatic carbocycles. The van der Waals surface area contributed by atoms with E-state index in [1.54, 1.807) is 0 Å². The third-order valence-corrected chi connectivity index (χ3v) is 7.01. The molecule has 4 N–H and O–H groups in total. The fourth-order valence-corrected chi connectivity index (χ4v) is 4.95. The minimum atomic E-state index is -0.870. The zero-order valence-electron chi connectivity index (χ0n) is 20.9. The monoisotopic (exact) mass is 474 g/mol. The number of aromatic nitrogens is 1. The molecule has 1 atom stereocenters. The molecule has 186 valence electrons. The number of hydrogen-bond donors (Lipinski definition) is 4. The highest BCUT2D eigenvalue weighted by Crippen LogP contribution is 2.19. The van der Waals surface area contributed by atoms with Gasteiger partial charge in [-0.05, 0) is 56.7 Å². The molecule has 1 aliphatic rings. The Balaban J connectivity index is 1.40. The predicted octanol–water partition coefficient (Wildman–Crippen LogP) is 4.26. The van der Waals surface area contributed by atoms with Gasteiger partial charge >= 0.3 is 0 Å². The van der Waals surface area contributed by atoms with E-state index < -0.39 is 11.6 Å². The third kappa shape index (κ3) is 6.73. The molecule has 0 aliphatic heterocycles. The molecule has 1 fully saturated rings. The van der Waals surface area contributed by atoms with Gasteiger partial charge in [-0.3, -0.25) is 14.9 Å². The van der Waals surface area contributed by atoms with Crippen molar-refractivity contribution < 1.29 is 9.59 Å². The minimum Gasteiger partial charge on any atom is -0.361 e. The van der Waals surface area contributed by atoms with Crippen LogP contribution in [0.3, 0.4) is 0 Å². The largest absolute Gasteiger partial charge is 0.361 e. The van der Waals surface area contributed by atoms with Gasteiger partial charge in [-0.1, -0.05) is 67.8 Å². The smallest absolute Gasteiger partial charge is 0.239 e. The molecule has 0 saturated heterocycles. The number of para-hydroxylation sites is 1. The molecule has 1 saturated carbocycles. The number of fused-ring (bicyclic) bond motifs is 1. The lowest BCUT2D eigenvalue weighted by Crippen LogP contribution is -2.61. The molecule has 35 heavy (non-hydrogen) atoms. The van der Waals surface area contributed by atoms with Gasteiger partial charge in [0.2, 0.25) is 11.8 Å². The van der Waals surface area contributed by atoms with Crippen LogP contribution >= 0.6 is 0 Å². The van der Waals surface area contributed by atoms with Crippen LogP contribution in [0.15, 0.2) is 60.8 Å². The molecule has 1 heterocycles. The van der Waals surface area contributed by atoms with Crippen molar-refractivity contribution in [2.24, 2.45) is 0 Å². The lowest BCUT2D eigenvalue weighted by molar-refractivity contribution is -0.129. The summed E-state index contributed by atoms with van der Waals surface area (Å²) in [5, 5.41) is 10.9. The Bertz CT molecular complexity index is 1120. The highest BCUT2D eigenvalue weighted by atomic mass is 16.2. The summed E-state index contributed by atoms with van der Waals surface area (Å²) in [4.78, 5) is 29.7. The first kappa shape index (κ1) is 25.0. The van der Waals surface area contributed by atoms with Crippen molar-refractivity contribution in [1.29, 1.82) is 0 Å². The van der Waals surface area contributed by atoms with Gasteiger partial charge in [0.05, 0.1) is 11.6 Å². The molecular weight excluding hydrogens is 436 g/mol. The van der Waals surface area contributed by atoms with E-state index >= 15 is 0 Å². The second-order valence-electron chi connectivity index (χ2n) is 10.2. The Hall–Kier alpha value is -3.12. The molecule has 4 rings (SSSR count). The number of carbonyl (C=O) groups is 2. The topological polar surface area (TPSA) is 86.0 Å². The van der Waals surface area contributed by atoms with Gasteiger partial charge in [0.15, 0.2) is 0 Å². The number of rotatable bonds is 10. The van der Waals surface area contributed by atoms with Crippen LogP contribution in [0, 0.1) is 0 Å². The molecule has 0 radical (unpaired) electrons. The minimum absolute atomic E-state index is 0.0472. The molecule has 0 unspecified atom stereocenters. The van der Waals surface area contributed by atoms with Crippen LogP contribution in [0.1, 0.15) is 57.1 Å². The summed E-state index contributed by atoms with van der Waals surface area (Å²) in [6.07, 6.45) is 8.89. The average molecular weight is 475 g/mol. The molecule has 1 aromatic heterocycles. The number of nitrogens with one attached hydrogen (secondary N) is 4. The van der Waals surface area contributed by atoms with Gasteiger partial charge in [-0.15, -0.1) is 0 Å². The molecule has 6 nitrogen and oxygen atoms in total. The van der Waals surface area contributed by atoms with Gasteiger partial charge < -0.3 is 15.6 Å². The second-order valence-corrected chi connectivity index (χ2v) is 10.2. The third-order valence-electron chi connectivity index (χ3n) is 7.01. The van der Waals surface area contributed by atoms with E-state index in [0.717, 1.165) is 43.2 Å². The zero-order chi connectivity index (χ0) is 24.7. The predicted molar refractivity (Wildman–Crippen MR) is 141 cm³/mol. The van der Waals surface area contributed by atoms with Gasteiger partial charge in [-0.2, -0.15) is 0 Å². The molecule has 3 aromatic rings. The first-order valence-corrected chi connectivity index (χ1v) is 12.9. The molecule has 2 aromatic carbocycles. The summed E-state index contributed by atoms with van der Waals surface area (Å²) in [7, 11) is 0. The van der Waals surface area contributed by atoms with E-state index in [2.05, 4.69) is 33.1 Å². The van der Waals surface area contributed by atoms with Gasteiger partial charge in [0, 0.05) is 29.7 Å². The fourth-order valence-electron chi connectivity index (χ4n) is 4.95. The fraction of sp³-hybridized carbons (Fsp3) is 0.448. The van der Waals surface area contributed by atoms with E-state index in [1.807, 2.05) is 62.5 Å². The lowest BCUT2D eigenvalue weighted by atomic mass is 9.93. The van der Waals surface area contributed by atoms with E-state index in [4.69, 9.17) is 0 Å². The molecule has 0 bridgehead atoms. The summed E-state index contributed by atoms with van der Waals surface area (Å²) in [6, 6.07) is 17.8. The number of aromatic amines is 1. The number of amides is 2. The Labute approximate surface area is 208 Å². The maximum absolute atomic E-state index is 13.3. The molecular formula is C29H38N4O2. The van der Waals surface area contributed by atoms with E-state index in [9.17, 15) is 9.59 Å². The van der Waals surface area contributed by atoms with Crippen molar-refractivity contribution in [3.63, 3.8) is 0 Å². The first-order valence-electron chi connectivity index (χ1n) is 12.9. The normalized spacial score (nSPS) is 15.6. The van der Waals surface area contributed by atoms with E-state index in [1.165, 1.54) is 17.4 Å². The van der Waals surface area contributed by atoms with Gasteiger partial charge in [0.25, 0.3) is 0 Å². The highest BCUT2D eigenvalue weighted by Gasteiger charge is 2.34. The highest BCUT2D eigenvalue weighted by molar-refractivity contribution is 5.88. The Morgan fingerprint density at radius 1 is 1.00 bits per heavy atom. The Morgan fingerprint density at radius 2 is 1.71 bits per heavy atom. The first-order chi connectivity index (χ1) is 16.9. The van der Waals surface area contributed by atoms with E-state index in [0.29, 0.717) is 13.0 Å². The van der Waals surface area contributed by atoms with Crippen LogP contribution in [-0.4, -0.2) is 41.0 Å². The van der Waals surface area contributed by atoms with Crippen molar-refractivity contribution in [1.82, 2.24) is 20.9 Å². The van der Waals surface area contributed by atoms with Crippen LogP contribution < -0.4 is 16.0 Å². The maximum atomic E-state index is 13.3. The number of benzene rings is 2. The molecule has 2 amide bonds. The van der Waals surface area contributed by atoms with Crippen LogP contribution in [0.2, 0.25) is 0 Å². The van der Waals surface area contributed by atoms with Crippen LogP contribution in [0.4, 0.5) is 0 Å². The molecule has 0 spiro atoms. The summed E-state index contributed by atoms with van der Waals surface area (Å²) >= 11 is 0. The number of hydrogen-bond acceptors (Lipinski definition) is 3. The van der Waals surface area contributed by atoms with Crippen molar-refractivity contribution in [3.8, 4) is 0 Å². The van der Waals surface area contributed by atoms with Crippen molar-refractivity contribution in [2.75, 3.05) is 6.54 Å². The van der Waals surface area contributed by atoms with E-state index in [-0.39, 0.29) is 17.9 Å². The number of H-pyrrole nitrogens is 1. The summed E-state index contributed by atoms with van der Waals surface area (Å²) in [6.45, 7) is 4.26. The van der Waals surface area contributed by atoms with Gasteiger partial charge in [-0.25, -0.2) is 0 Å². The van der Waals surface area contributed by atoms with Crippen LogP contribution in [0.25, 0.3) is 10.9 Å². The number of carbonyl (C=O) groups excluding carboxylic acids is 2. The van der Waals surface area contributed by atoms with Crippen LogP contribution in [0.5, 0.6) is 0 Å². The van der Waals surface area contributed by atoms with Gasteiger partial charge in [0.1, 0.15) is 0 Å². The lowest BCUT2D eigenvalue weighted by Gasteiger charge is -2.33. The average Bonchev–Trinajstić information content (AvgIpc) is 3.28. The Morgan fingerprint density at radius 3 is 2.49 bits per heavy atom. The Kier molecular flexibility index (Phi) is 8.24. The van der Waals surface area contributed by atoms with Crippen molar-refractivity contribution in [3.05, 3.63) is 71.9 Å². The van der Waals surface area contributed by atoms with Crippen molar-refractivity contribution >= 4 is 22.7 Å². The zero-order valence-corrected chi connectivity index (χ0v) is 20.9. The SMILES string of the molecule is CC(C)(N[C@@H](Cc1ccccc1)C(=O)NCCc1c[nH]c2ccccc12)C(=O)NC1CCCCC1. The van der Waals surface area contributed by atoms with Crippen molar-refractivity contribution in [2.45, 2.75) is 76.4 Å². The quantitative estimate of drug-likeness (QED) is 0.354. The summed E-state index contributed by atoms with van der Waals surface area (Å²) in [5.41, 5.74) is 2.47. The summed E-state index contributed by atoms with van der Waals surface area (Å²) < 4.78 is 0. The standard InChI is InChI=1S/C29H38N4O2/c1-29(2,28(35)32-23-13-7-4-8-14-23)33-26(19-21-11-5-3-6-12-21)27(34)30-18-17-22-20-31-25-16-10-9-15-24(22)25/h3,5-6,9-12,15-16,20,23,26,31,33H,4,7-8,13-14,17-19H2,1-2H3,(H,30,34)(H,32,35)/t26-/m0/s1. The second kappa shape index (κ2) is 11.5. The van der Waals surface area contributed by atoms with Crippen LogP contribution in [-0.2, 0) is 22.4 Å².